The number of aliphatic hydroxyl groups excluding tert-OH is 1. The van der Waals surface area contributed by atoms with Gasteiger partial charge in [0.2, 0.25) is 0 Å². The molecule has 2 N–H and O–H groups in total. The van der Waals surface area contributed by atoms with E-state index in [9.17, 15) is 5.11 Å². The van der Waals surface area contributed by atoms with Gasteiger partial charge in [0.25, 0.3) is 0 Å². The summed E-state index contributed by atoms with van der Waals surface area (Å²) in [5.74, 6) is 0. The van der Waals surface area contributed by atoms with E-state index < -0.39 is 0 Å². The van der Waals surface area contributed by atoms with Gasteiger partial charge in [0.1, 0.15) is 0 Å². The standard InChI is InChI=1S/C11H24N2O2/c1-4-15-8-11(14)7-13-5-9(2)12-10(3)6-13/h9-12,14H,4-8H2,1-3H3. The molecule has 4 heteroatoms. The third-order valence-corrected chi connectivity index (χ3v) is 2.62. The van der Waals surface area contributed by atoms with Crippen LogP contribution in [0.25, 0.3) is 0 Å². The average molecular weight is 216 g/mol. The molecule has 1 aliphatic heterocycles. The number of ether oxygens (including phenoxy) is 1. The van der Waals surface area contributed by atoms with Crippen LogP contribution in [0.5, 0.6) is 0 Å². The van der Waals surface area contributed by atoms with Crippen molar-refractivity contribution in [2.45, 2.75) is 39.0 Å². The number of nitrogens with zero attached hydrogens (tertiary/aromatic N) is 1. The van der Waals surface area contributed by atoms with E-state index in [0.29, 0.717) is 25.3 Å². The smallest absolute Gasteiger partial charge is 0.0900 e. The van der Waals surface area contributed by atoms with Crippen molar-refractivity contribution < 1.29 is 9.84 Å². The van der Waals surface area contributed by atoms with Crippen LogP contribution in [-0.4, -0.2) is 61.0 Å². The highest BCUT2D eigenvalue weighted by atomic mass is 16.5. The van der Waals surface area contributed by atoms with E-state index in [4.69, 9.17) is 4.74 Å². The molecule has 1 rings (SSSR count). The second-order valence-electron chi connectivity index (χ2n) is 4.50. The van der Waals surface area contributed by atoms with Crippen LogP contribution in [0.4, 0.5) is 0 Å². The molecule has 15 heavy (non-hydrogen) atoms. The molecule has 0 aliphatic carbocycles. The summed E-state index contributed by atoms with van der Waals surface area (Å²) in [5, 5.41) is 13.2. The molecular formula is C11H24N2O2. The van der Waals surface area contributed by atoms with E-state index >= 15 is 0 Å². The lowest BCUT2D eigenvalue weighted by molar-refractivity contribution is 0.0132. The zero-order valence-corrected chi connectivity index (χ0v) is 10.1. The summed E-state index contributed by atoms with van der Waals surface area (Å²) in [5.41, 5.74) is 0. The third-order valence-electron chi connectivity index (χ3n) is 2.62. The third kappa shape index (κ3) is 4.93. The van der Waals surface area contributed by atoms with Crippen LogP contribution in [0, 0.1) is 0 Å². The molecule has 0 amide bonds. The van der Waals surface area contributed by atoms with Crippen LogP contribution in [0.2, 0.25) is 0 Å². The number of hydrogen-bond acceptors (Lipinski definition) is 4. The number of nitrogens with one attached hydrogen (secondary N) is 1. The van der Waals surface area contributed by atoms with Crippen molar-refractivity contribution in [1.82, 2.24) is 10.2 Å². The molecular weight excluding hydrogens is 192 g/mol. The van der Waals surface area contributed by atoms with Crippen molar-refractivity contribution in [2.24, 2.45) is 0 Å². The van der Waals surface area contributed by atoms with Gasteiger partial charge in [-0.2, -0.15) is 0 Å². The lowest BCUT2D eigenvalue weighted by atomic mass is 10.1. The summed E-state index contributed by atoms with van der Waals surface area (Å²) in [7, 11) is 0. The lowest BCUT2D eigenvalue weighted by Crippen LogP contribution is -2.55. The molecule has 0 aromatic rings. The zero-order valence-electron chi connectivity index (χ0n) is 10.1. The number of aliphatic hydroxyl groups is 1. The fraction of sp³-hybridized carbons (Fsp3) is 1.00. The van der Waals surface area contributed by atoms with E-state index in [0.717, 1.165) is 19.6 Å². The highest BCUT2D eigenvalue weighted by Crippen LogP contribution is 2.04. The maximum atomic E-state index is 9.72. The molecule has 1 heterocycles. The fourth-order valence-corrected chi connectivity index (χ4v) is 2.19. The van der Waals surface area contributed by atoms with E-state index in [1.165, 1.54) is 0 Å². The molecule has 1 saturated heterocycles. The van der Waals surface area contributed by atoms with E-state index in [1.807, 2.05) is 6.92 Å². The number of β-amino-alcohol motifs (C(OH)–C–C–N with tert-alkyl or cyclic N) is 1. The molecule has 4 nitrogen and oxygen atoms in total. The Morgan fingerprint density at radius 1 is 1.40 bits per heavy atom. The van der Waals surface area contributed by atoms with Crippen LogP contribution in [-0.2, 0) is 4.74 Å². The van der Waals surface area contributed by atoms with E-state index in [2.05, 4.69) is 24.1 Å². The van der Waals surface area contributed by atoms with E-state index in [1.54, 1.807) is 0 Å². The molecule has 0 aromatic carbocycles. The predicted octanol–water partition coefficient (Wildman–Crippen LogP) is 0.0660. The van der Waals surface area contributed by atoms with Gasteiger partial charge in [-0.3, -0.25) is 4.90 Å². The molecule has 90 valence electrons. The van der Waals surface area contributed by atoms with Crippen molar-refractivity contribution in [1.29, 1.82) is 0 Å². The quantitative estimate of drug-likeness (QED) is 0.682. The monoisotopic (exact) mass is 216 g/mol. The van der Waals surface area contributed by atoms with Gasteiger partial charge < -0.3 is 15.2 Å². The lowest BCUT2D eigenvalue weighted by Gasteiger charge is -2.37. The Hall–Kier alpha value is -0.160. The van der Waals surface area contributed by atoms with Crippen molar-refractivity contribution in [3.63, 3.8) is 0 Å². The minimum atomic E-state index is -0.359. The van der Waals surface area contributed by atoms with Gasteiger partial charge in [0.05, 0.1) is 12.7 Å². The summed E-state index contributed by atoms with van der Waals surface area (Å²) in [6.07, 6.45) is -0.359. The molecule has 3 unspecified atom stereocenters. The summed E-state index contributed by atoms with van der Waals surface area (Å²) < 4.78 is 5.20. The maximum absolute atomic E-state index is 9.72. The van der Waals surface area contributed by atoms with Crippen LogP contribution >= 0.6 is 0 Å². The highest BCUT2D eigenvalue weighted by molar-refractivity contribution is 4.81. The van der Waals surface area contributed by atoms with Crippen LogP contribution in [0.15, 0.2) is 0 Å². The minimum Gasteiger partial charge on any atom is -0.389 e. The Morgan fingerprint density at radius 2 is 2.00 bits per heavy atom. The molecule has 1 fully saturated rings. The summed E-state index contributed by atoms with van der Waals surface area (Å²) in [6, 6.07) is 1.01. The topological polar surface area (TPSA) is 44.7 Å². The van der Waals surface area contributed by atoms with Gasteiger partial charge in [-0.1, -0.05) is 0 Å². The molecule has 0 bridgehead atoms. The second kappa shape index (κ2) is 6.43. The fourth-order valence-electron chi connectivity index (χ4n) is 2.19. The Morgan fingerprint density at radius 3 is 2.53 bits per heavy atom. The Bertz CT molecular complexity index is 168. The Balaban J connectivity index is 2.24. The molecule has 0 spiro atoms. The molecule has 0 saturated carbocycles. The Kier molecular flexibility index (Phi) is 5.53. The molecule has 3 atom stereocenters. The van der Waals surface area contributed by atoms with Gasteiger partial charge in [0, 0.05) is 38.3 Å². The highest BCUT2D eigenvalue weighted by Gasteiger charge is 2.22. The van der Waals surface area contributed by atoms with Crippen LogP contribution in [0.1, 0.15) is 20.8 Å². The van der Waals surface area contributed by atoms with Crippen molar-refractivity contribution >= 4 is 0 Å². The first kappa shape index (κ1) is 12.9. The minimum absolute atomic E-state index is 0.359. The zero-order chi connectivity index (χ0) is 11.3. The SMILES string of the molecule is CCOCC(O)CN1CC(C)NC(C)C1. The predicted molar refractivity (Wildman–Crippen MR) is 61.0 cm³/mol. The molecule has 0 aromatic heterocycles. The van der Waals surface area contributed by atoms with Crippen molar-refractivity contribution in [3.05, 3.63) is 0 Å². The summed E-state index contributed by atoms with van der Waals surface area (Å²) >= 11 is 0. The first-order valence-corrected chi connectivity index (χ1v) is 5.86. The summed E-state index contributed by atoms with van der Waals surface area (Å²) in [4.78, 5) is 2.30. The van der Waals surface area contributed by atoms with Crippen molar-refractivity contribution in [3.8, 4) is 0 Å². The van der Waals surface area contributed by atoms with Gasteiger partial charge in [0.15, 0.2) is 0 Å². The van der Waals surface area contributed by atoms with E-state index in [-0.39, 0.29) is 6.10 Å². The van der Waals surface area contributed by atoms with Crippen LogP contribution in [0.3, 0.4) is 0 Å². The first-order chi connectivity index (χ1) is 7.11. The van der Waals surface area contributed by atoms with Gasteiger partial charge in [-0.05, 0) is 20.8 Å². The largest absolute Gasteiger partial charge is 0.389 e. The van der Waals surface area contributed by atoms with Crippen molar-refractivity contribution in [2.75, 3.05) is 32.8 Å². The number of hydrogen-bond donors (Lipinski definition) is 2. The van der Waals surface area contributed by atoms with Crippen LogP contribution < -0.4 is 5.32 Å². The normalized spacial score (nSPS) is 30.4. The average Bonchev–Trinajstić information content (AvgIpc) is 2.13. The first-order valence-electron chi connectivity index (χ1n) is 5.86. The summed E-state index contributed by atoms with van der Waals surface area (Å²) in [6.45, 7) is 10.2. The van der Waals surface area contributed by atoms with Gasteiger partial charge >= 0.3 is 0 Å². The second-order valence-corrected chi connectivity index (χ2v) is 4.50. The molecule has 1 aliphatic rings. The Labute approximate surface area is 92.6 Å². The number of piperazine rings is 1. The van der Waals surface area contributed by atoms with Gasteiger partial charge in [-0.15, -0.1) is 0 Å². The molecule has 0 radical (unpaired) electrons. The maximum Gasteiger partial charge on any atom is 0.0900 e. The number of rotatable bonds is 5. The van der Waals surface area contributed by atoms with Gasteiger partial charge in [-0.25, -0.2) is 0 Å².